The van der Waals surface area contributed by atoms with Gasteiger partial charge in [-0.25, -0.2) is 9.97 Å². The lowest BCUT2D eigenvalue weighted by molar-refractivity contribution is -0.124. The molecule has 11 nitrogen and oxygen atoms in total. The van der Waals surface area contributed by atoms with Gasteiger partial charge in [-0.3, -0.25) is 14.9 Å². The number of amides is 1. The van der Waals surface area contributed by atoms with Crippen molar-refractivity contribution in [2.75, 3.05) is 59.7 Å². The van der Waals surface area contributed by atoms with E-state index in [2.05, 4.69) is 15.6 Å². The predicted molar refractivity (Wildman–Crippen MR) is 147 cm³/mol. The number of benzene rings is 1. The van der Waals surface area contributed by atoms with Crippen molar-refractivity contribution < 1.29 is 10.0 Å². The minimum Gasteiger partial charge on any atom is -0.733 e. The van der Waals surface area contributed by atoms with Gasteiger partial charge in [-0.1, -0.05) is 23.2 Å². The van der Waals surface area contributed by atoms with Crippen molar-refractivity contribution in [3.63, 3.8) is 0 Å². The normalized spacial score (nSPS) is 16.1. The van der Waals surface area contributed by atoms with E-state index < -0.39 is 0 Å². The summed E-state index contributed by atoms with van der Waals surface area (Å²) >= 11 is 12.6. The molecule has 0 spiro atoms. The third-order valence-corrected chi connectivity index (χ3v) is 6.71. The molecule has 1 aromatic carbocycles. The highest BCUT2D eigenvalue weighted by molar-refractivity contribution is 6.36. The number of hydrogen-bond donors (Lipinski definition) is 4. The molecule has 0 bridgehead atoms. The number of nitrogens with zero attached hydrogens (tertiary/aromatic N) is 5. The van der Waals surface area contributed by atoms with E-state index >= 15 is 0 Å². The second-order valence-corrected chi connectivity index (χ2v) is 9.41. The summed E-state index contributed by atoms with van der Waals surface area (Å²) in [4.78, 5) is 25.7. The zero-order chi connectivity index (χ0) is 26.7. The van der Waals surface area contributed by atoms with Crippen molar-refractivity contribution in [2.45, 2.75) is 13.0 Å². The summed E-state index contributed by atoms with van der Waals surface area (Å²) in [6, 6.07) is 11.5. The highest BCUT2D eigenvalue weighted by Crippen LogP contribution is 2.37. The van der Waals surface area contributed by atoms with Crippen LogP contribution in [-0.4, -0.2) is 65.3 Å². The average Bonchev–Trinajstić information content (AvgIpc) is 2.85. The Morgan fingerprint density at radius 3 is 2.43 bits per heavy atom. The van der Waals surface area contributed by atoms with Crippen LogP contribution in [-0.2, 0) is 4.79 Å². The smallest absolute Gasteiger partial charge is 0.244 e. The van der Waals surface area contributed by atoms with Gasteiger partial charge in [0.25, 0.3) is 0 Å². The molecule has 1 fully saturated rings. The number of nitrogens with one attached hydrogen (secondary N) is 2. The fraction of sp³-hybridized carbons (Fsp3) is 0.292. The molecule has 1 unspecified atom stereocenters. The minimum atomic E-state index is -0.329. The Morgan fingerprint density at radius 2 is 1.78 bits per heavy atom. The van der Waals surface area contributed by atoms with Gasteiger partial charge in [-0.2, -0.15) is 0 Å². The summed E-state index contributed by atoms with van der Waals surface area (Å²) in [6.07, 6.45) is 0. The molecule has 0 saturated carbocycles. The number of hydrogen-bond acceptors (Lipinski definition) is 10. The SMILES string of the molecule is CC1C(=O)N(c2ccc(NCCNc3ccc(N([O-])O)c(N)n3)nc2-c2ccc(Cl)cc2Cl)CCN1C. The van der Waals surface area contributed by atoms with Crippen molar-refractivity contribution >= 4 is 57.9 Å². The van der Waals surface area contributed by atoms with Crippen molar-refractivity contribution in [3.8, 4) is 11.3 Å². The third-order valence-electron chi connectivity index (χ3n) is 6.16. The summed E-state index contributed by atoms with van der Waals surface area (Å²) in [5.74, 6) is 0.937. The van der Waals surface area contributed by atoms with Crippen LogP contribution in [0.2, 0.25) is 10.0 Å². The number of nitrogens with two attached hydrogens (primary N) is 1. The first-order valence-electron chi connectivity index (χ1n) is 11.5. The summed E-state index contributed by atoms with van der Waals surface area (Å²) in [7, 11) is 1.93. The number of likely N-dealkylation sites (N-methyl/N-ethyl adjacent to an activating group) is 1. The number of carbonyl (C=O) groups excluding carboxylic acids is 1. The average molecular weight is 546 g/mol. The maximum Gasteiger partial charge on any atom is 0.244 e. The molecular weight excluding hydrogens is 519 g/mol. The van der Waals surface area contributed by atoms with Gasteiger partial charge in [-0.15, -0.1) is 0 Å². The summed E-state index contributed by atoms with van der Waals surface area (Å²) in [6.45, 7) is 4.08. The van der Waals surface area contributed by atoms with Gasteiger partial charge in [-0.05, 0) is 56.4 Å². The van der Waals surface area contributed by atoms with Gasteiger partial charge < -0.3 is 31.7 Å². The van der Waals surface area contributed by atoms with E-state index in [-0.39, 0.29) is 28.7 Å². The van der Waals surface area contributed by atoms with Crippen LogP contribution in [0.4, 0.5) is 28.8 Å². The molecule has 2 aromatic heterocycles. The van der Waals surface area contributed by atoms with E-state index in [1.807, 2.05) is 31.0 Å². The third kappa shape index (κ3) is 5.97. The molecule has 0 aliphatic carbocycles. The maximum absolute atomic E-state index is 13.1. The first-order valence-corrected chi connectivity index (χ1v) is 12.3. The largest absolute Gasteiger partial charge is 0.733 e. The van der Waals surface area contributed by atoms with Crippen LogP contribution in [0.3, 0.4) is 0 Å². The molecule has 1 atom stereocenters. The number of anilines is 5. The molecule has 4 rings (SSSR count). The molecule has 1 saturated heterocycles. The van der Waals surface area contributed by atoms with E-state index in [1.54, 1.807) is 23.1 Å². The molecule has 13 heteroatoms. The lowest BCUT2D eigenvalue weighted by Crippen LogP contribution is -2.54. The number of rotatable bonds is 8. The Kier molecular flexibility index (Phi) is 8.20. The maximum atomic E-state index is 13.1. The molecular formula is C24H27Cl2N8O3-. The number of nitrogen functional groups attached to an aromatic ring is 1. The van der Waals surface area contributed by atoms with E-state index in [0.29, 0.717) is 58.3 Å². The van der Waals surface area contributed by atoms with Crippen LogP contribution in [0.5, 0.6) is 0 Å². The minimum absolute atomic E-state index is 0.00844. The summed E-state index contributed by atoms with van der Waals surface area (Å²) in [5, 5.41) is 26.9. The van der Waals surface area contributed by atoms with E-state index in [4.69, 9.17) is 39.1 Å². The molecule has 1 amide bonds. The molecule has 1 aliphatic rings. The van der Waals surface area contributed by atoms with Crippen LogP contribution in [0.15, 0.2) is 42.5 Å². The molecule has 0 radical (unpaired) electrons. The second kappa shape index (κ2) is 11.4. The van der Waals surface area contributed by atoms with E-state index in [9.17, 15) is 10.0 Å². The Bertz CT molecular complexity index is 1290. The topological polar surface area (TPSA) is 146 Å². The number of halogens is 2. The quantitative estimate of drug-likeness (QED) is 0.242. The zero-order valence-corrected chi connectivity index (χ0v) is 21.8. The number of pyridine rings is 2. The fourth-order valence-corrected chi connectivity index (χ4v) is 4.47. The van der Waals surface area contributed by atoms with Crippen molar-refractivity contribution in [2.24, 2.45) is 0 Å². The molecule has 5 N–H and O–H groups in total. The number of piperazine rings is 1. The first-order chi connectivity index (χ1) is 17.7. The van der Waals surface area contributed by atoms with Crippen LogP contribution in [0.1, 0.15) is 6.92 Å². The van der Waals surface area contributed by atoms with Crippen LogP contribution < -0.4 is 26.5 Å². The van der Waals surface area contributed by atoms with Crippen molar-refractivity contribution in [1.82, 2.24) is 14.9 Å². The first kappa shape index (κ1) is 26.7. The Balaban J connectivity index is 1.53. The van der Waals surface area contributed by atoms with Crippen LogP contribution >= 0.6 is 23.2 Å². The molecule has 196 valence electrons. The predicted octanol–water partition coefficient (Wildman–Crippen LogP) is 3.92. The van der Waals surface area contributed by atoms with Gasteiger partial charge in [0, 0.05) is 36.8 Å². The van der Waals surface area contributed by atoms with Crippen LogP contribution in [0.25, 0.3) is 11.3 Å². The van der Waals surface area contributed by atoms with Crippen LogP contribution in [0, 0.1) is 5.21 Å². The van der Waals surface area contributed by atoms with Gasteiger partial charge in [0.2, 0.25) is 5.91 Å². The standard InChI is InChI=1S/C24H27Cl2N8O3/c1-14-24(35)33(12-11-32(14)2)18-5-7-20(30-22(18)16-4-3-15(25)13-17(16)26)28-9-10-29-21-8-6-19(34(36)37)23(27)31-21/h3-8,13-14,36H,9-12H2,1-2H3,(H,28,30)(H3,27,29,31)/q-1. The van der Waals surface area contributed by atoms with Crippen molar-refractivity contribution in [1.29, 1.82) is 0 Å². The highest BCUT2D eigenvalue weighted by atomic mass is 35.5. The van der Waals surface area contributed by atoms with Gasteiger partial charge in [0.15, 0.2) is 5.82 Å². The van der Waals surface area contributed by atoms with Gasteiger partial charge in [0.05, 0.1) is 28.1 Å². The summed E-state index contributed by atoms with van der Waals surface area (Å²) < 4.78 is 0. The highest BCUT2D eigenvalue weighted by Gasteiger charge is 2.32. The Hall–Kier alpha value is -3.35. The van der Waals surface area contributed by atoms with Crippen molar-refractivity contribution in [3.05, 3.63) is 57.7 Å². The Morgan fingerprint density at radius 1 is 1.11 bits per heavy atom. The zero-order valence-electron chi connectivity index (χ0n) is 20.3. The monoisotopic (exact) mass is 545 g/mol. The number of aromatic nitrogens is 2. The second-order valence-electron chi connectivity index (χ2n) is 8.56. The van der Waals surface area contributed by atoms with Gasteiger partial charge >= 0.3 is 0 Å². The Labute approximate surface area is 224 Å². The van der Waals surface area contributed by atoms with E-state index in [1.165, 1.54) is 12.1 Å². The molecule has 1 aliphatic heterocycles. The summed E-state index contributed by atoms with van der Waals surface area (Å²) in [5.41, 5.74) is 7.46. The molecule has 3 heterocycles. The van der Waals surface area contributed by atoms with Gasteiger partial charge in [0.1, 0.15) is 11.6 Å². The lowest BCUT2D eigenvalue weighted by Gasteiger charge is -2.37. The number of carbonyl (C=O) groups is 1. The fourth-order valence-electron chi connectivity index (χ4n) is 3.97. The molecule has 37 heavy (non-hydrogen) atoms. The van der Waals surface area contributed by atoms with E-state index in [0.717, 1.165) is 6.54 Å². The molecule has 3 aromatic rings. The lowest BCUT2D eigenvalue weighted by atomic mass is 10.1.